The summed E-state index contributed by atoms with van der Waals surface area (Å²) in [5, 5.41) is 10.4. The number of imide groups is 1. The lowest BCUT2D eigenvalue weighted by molar-refractivity contribution is -0.131. The molecule has 3 aromatic rings. The maximum atomic E-state index is 12.8. The lowest BCUT2D eigenvalue weighted by Crippen LogP contribution is -2.40. The highest BCUT2D eigenvalue weighted by Crippen LogP contribution is 2.31. The van der Waals surface area contributed by atoms with E-state index >= 15 is 0 Å². The maximum Gasteiger partial charge on any atom is 0.325 e. The average molecular weight is 368 g/mol. The van der Waals surface area contributed by atoms with Crippen molar-refractivity contribution in [3.8, 4) is 11.4 Å². The van der Waals surface area contributed by atoms with Crippen LogP contribution in [0.4, 0.5) is 4.79 Å². The molecule has 0 radical (unpaired) electrons. The van der Waals surface area contributed by atoms with Gasteiger partial charge in [-0.15, -0.1) is 0 Å². The van der Waals surface area contributed by atoms with Crippen molar-refractivity contribution in [2.45, 2.75) is 25.9 Å². The molecular weight excluding hydrogens is 352 g/mol. The largest absolute Gasteiger partial charge is 0.337 e. The Kier molecular flexibility index (Phi) is 3.84. The molecule has 2 aromatic heterocycles. The third kappa shape index (κ3) is 2.59. The maximum absolute atomic E-state index is 12.8. The second-order valence-corrected chi connectivity index (χ2v) is 7.07. The predicted molar refractivity (Wildman–Crippen MR) is 95.2 cm³/mol. The molecule has 1 aliphatic rings. The third-order valence-electron chi connectivity index (χ3n) is 4.52. The van der Waals surface area contributed by atoms with Crippen LogP contribution < -0.4 is 5.32 Å². The van der Waals surface area contributed by atoms with Crippen LogP contribution in [0.3, 0.4) is 0 Å². The third-order valence-corrected chi connectivity index (χ3v) is 5.20. The van der Waals surface area contributed by atoms with Gasteiger partial charge in [-0.1, -0.05) is 29.4 Å². The minimum Gasteiger partial charge on any atom is -0.337 e. The molecule has 0 bridgehead atoms. The van der Waals surface area contributed by atoms with Crippen molar-refractivity contribution in [3.05, 3.63) is 58.1 Å². The molecule has 1 aliphatic heterocycles. The van der Waals surface area contributed by atoms with Crippen molar-refractivity contribution in [2.75, 3.05) is 0 Å². The van der Waals surface area contributed by atoms with Crippen LogP contribution in [0, 0.1) is 6.92 Å². The molecule has 8 heteroatoms. The predicted octanol–water partition coefficient (Wildman–Crippen LogP) is 3.07. The Morgan fingerprint density at radius 1 is 1.27 bits per heavy atom. The van der Waals surface area contributed by atoms with E-state index in [9.17, 15) is 9.59 Å². The molecule has 7 nitrogen and oxygen atoms in total. The van der Waals surface area contributed by atoms with Gasteiger partial charge < -0.3 is 9.84 Å². The number of rotatable bonds is 4. The first-order valence-electron chi connectivity index (χ1n) is 8.04. The van der Waals surface area contributed by atoms with Crippen molar-refractivity contribution in [2.24, 2.45) is 0 Å². The Hall–Kier alpha value is -3.00. The van der Waals surface area contributed by atoms with E-state index in [1.54, 1.807) is 6.92 Å². The van der Waals surface area contributed by atoms with Crippen molar-refractivity contribution in [3.63, 3.8) is 0 Å². The SMILES string of the molecule is Cc1ccccc1-c1noc(CN2C(=O)N[C@](C)(c3ccsc3)C2=O)n1. The van der Waals surface area contributed by atoms with Crippen LogP contribution in [0.2, 0.25) is 0 Å². The Bertz CT molecular complexity index is 982. The van der Waals surface area contributed by atoms with E-state index in [-0.39, 0.29) is 18.3 Å². The van der Waals surface area contributed by atoms with E-state index < -0.39 is 11.6 Å². The smallest absolute Gasteiger partial charge is 0.325 e. The van der Waals surface area contributed by atoms with E-state index in [0.29, 0.717) is 5.82 Å². The molecule has 1 atom stereocenters. The van der Waals surface area contributed by atoms with Gasteiger partial charge in [0.2, 0.25) is 11.7 Å². The van der Waals surface area contributed by atoms with Gasteiger partial charge in [0.25, 0.3) is 5.91 Å². The number of nitrogens with one attached hydrogen (secondary N) is 1. The summed E-state index contributed by atoms with van der Waals surface area (Å²) < 4.78 is 5.26. The van der Waals surface area contributed by atoms with Crippen LogP contribution in [0.1, 0.15) is 23.9 Å². The molecule has 1 aromatic carbocycles. The van der Waals surface area contributed by atoms with E-state index in [0.717, 1.165) is 21.6 Å². The summed E-state index contributed by atoms with van der Waals surface area (Å²) in [4.78, 5) is 30.6. The molecule has 3 amide bonds. The number of carbonyl (C=O) groups is 2. The van der Waals surface area contributed by atoms with E-state index in [1.165, 1.54) is 11.3 Å². The van der Waals surface area contributed by atoms with E-state index in [2.05, 4.69) is 15.5 Å². The minimum atomic E-state index is -1.07. The van der Waals surface area contributed by atoms with Crippen LogP contribution in [-0.4, -0.2) is 27.0 Å². The summed E-state index contributed by atoms with van der Waals surface area (Å²) in [7, 11) is 0. The van der Waals surface area contributed by atoms with Crippen molar-refractivity contribution >= 4 is 23.3 Å². The highest BCUT2D eigenvalue weighted by Gasteiger charge is 2.49. The van der Waals surface area contributed by atoms with Crippen LogP contribution in [0.5, 0.6) is 0 Å². The number of carbonyl (C=O) groups excluding carboxylic acids is 2. The van der Waals surface area contributed by atoms with Gasteiger partial charge in [0, 0.05) is 5.56 Å². The molecule has 1 N–H and O–H groups in total. The molecule has 0 spiro atoms. The zero-order valence-electron chi connectivity index (χ0n) is 14.2. The van der Waals surface area contributed by atoms with E-state index in [4.69, 9.17) is 4.52 Å². The summed E-state index contributed by atoms with van der Waals surface area (Å²) in [6.07, 6.45) is 0. The summed E-state index contributed by atoms with van der Waals surface area (Å²) >= 11 is 1.47. The van der Waals surface area contributed by atoms with Gasteiger partial charge in [-0.2, -0.15) is 16.3 Å². The number of aryl methyl sites for hydroxylation is 1. The van der Waals surface area contributed by atoms with Crippen LogP contribution >= 0.6 is 11.3 Å². The van der Waals surface area contributed by atoms with Gasteiger partial charge in [0.1, 0.15) is 12.1 Å². The molecule has 0 aliphatic carbocycles. The first kappa shape index (κ1) is 16.5. The number of aromatic nitrogens is 2. The topological polar surface area (TPSA) is 88.3 Å². The van der Waals surface area contributed by atoms with Gasteiger partial charge in [-0.05, 0) is 41.8 Å². The number of amides is 3. The Balaban J connectivity index is 1.58. The fourth-order valence-electron chi connectivity index (χ4n) is 2.97. The highest BCUT2D eigenvalue weighted by atomic mass is 32.1. The molecule has 4 rings (SSSR count). The van der Waals surface area contributed by atoms with Gasteiger partial charge in [0.05, 0.1) is 0 Å². The zero-order valence-corrected chi connectivity index (χ0v) is 15.0. The van der Waals surface area contributed by atoms with Gasteiger partial charge >= 0.3 is 6.03 Å². The molecule has 132 valence electrons. The number of thiophene rings is 1. The van der Waals surface area contributed by atoms with E-state index in [1.807, 2.05) is 48.0 Å². The number of benzene rings is 1. The van der Waals surface area contributed by atoms with Crippen molar-refractivity contribution in [1.82, 2.24) is 20.4 Å². The quantitative estimate of drug-likeness (QED) is 0.715. The van der Waals surface area contributed by atoms with Gasteiger partial charge in [-0.3, -0.25) is 9.69 Å². The standard InChI is InChI=1S/C18H16N4O3S/c1-11-5-3-4-6-13(11)15-19-14(25-21-15)9-22-16(23)18(2,20-17(22)24)12-7-8-26-10-12/h3-8,10H,9H2,1-2H3,(H,20,24)/t18-/m1/s1. The second kappa shape index (κ2) is 6.06. The van der Waals surface area contributed by atoms with Crippen LogP contribution in [-0.2, 0) is 16.9 Å². The Morgan fingerprint density at radius 3 is 2.81 bits per heavy atom. The Labute approximate surface area is 153 Å². The lowest BCUT2D eigenvalue weighted by atomic mass is 9.95. The molecule has 0 unspecified atom stereocenters. The minimum absolute atomic E-state index is 0.0662. The fourth-order valence-corrected chi connectivity index (χ4v) is 3.74. The number of nitrogens with zero attached hydrogens (tertiary/aromatic N) is 3. The number of hydrogen-bond acceptors (Lipinski definition) is 6. The molecular formula is C18H16N4O3S. The first-order valence-corrected chi connectivity index (χ1v) is 8.99. The molecule has 1 saturated heterocycles. The summed E-state index contributed by atoms with van der Waals surface area (Å²) in [6, 6.07) is 9.02. The normalized spacial score (nSPS) is 19.8. The van der Waals surface area contributed by atoms with Crippen molar-refractivity contribution < 1.29 is 14.1 Å². The monoisotopic (exact) mass is 368 g/mol. The molecule has 1 fully saturated rings. The number of urea groups is 1. The summed E-state index contributed by atoms with van der Waals surface area (Å²) in [5.41, 5.74) is 1.55. The molecule has 0 saturated carbocycles. The highest BCUT2D eigenvalue weighted by molar-refractivity contribution is 7.08. The van der Waals surface area contributed by atoms with Gasteiger partial charge in [0.15, 0.2) is 0 Å². The average Bonchev–Trinajstić information content (AvgIpc) is 3.34. The first-order chi connectivity index (χ1) is 12.5. The van der Waals surface area contributed by atoms with Crippen LogP contribution in [0.15, 0.2) is 45.6 Å². The summed E-state index contributed by atoms with van der Waals surface area (Å²) in [6.45, 7) is 3.58. The zero-order chi connectivity index (χ0) is 18.3. The van der Waals surface area contributed by atoms with Crippen molar-refractivity contribution in [1.29, 1.82) is 0 Å². The fraction of sp³-hybridized carbons (Fsp3) is 0.222. The summed E-state index contributed by atoms with van der Waals surface area (Å²) in [5.74, 6) is 0.309. The van der Waals surface area contributed by atoms with Crippen LogP contribution in [0.25, 0.3) is 11.4 Å². The Morgan fingerprint density at radius 2 is 2.08 bits per heavy atom. The lowest BCUT2D eigenvalue weighted by Gasteiger charge is -2.20. The molecule has 26 heavy (non-hydrogen) atoms. The van der Waals surface area contributed by atoms with Gasteiger partial charge in [-0.25, -0.2) is 4.79 Å². The molecule has 3 heterocycles. The number of hydrogen-bond donors (Lipinski definition) is 1. The second-order valence-electron chi connectivity index (χ2n) is 6.29.